The molecule has 0 radical (unpaired) electrons. The number of carbonyl (C=O) groups excluding carboxylic acids is 1. The molecule has 0 bridgehead atoms. The van der Waals surface area contributed by atoms with Gasteiger partial charge in [-0.2, -0.15) is 5.10 Å². The zero-order chi connectivity index (χ0) is 10.6. The maximum absolute atomic E-state index is 11.4. The van der Waals surface area contributed by atoms with Crippen molar-refractivity contribution in [2.45, 2.75) is 26.8 Å². The Morgan fingerprint density at radius 2 is 2.36 bits per heavy atom. The highest BCUT2D eigenvalue weighted by molar-refractivity contribution is 5.94. The number of hydrogen-bond donors (Lipinski definition) is 1. The van der Waals surface area contributed by atoms with E-state index in [1.54, 1.807) is 10.7 Å². The van der Waals surface area contributed by atoms with Crippen LogP contribution >= 0.6 is 0 Å². The first kappa shape index (κ1) is 10.9. The standard InChI is InChI=1S/C10H17N3O/c1-8(2)7-13-6-4-9(12-13)10(14)3-5-11/h4,6,8H,3,5,7,11H2,1-2H3. The van der Waals surface area contributed by atoms with Crippen LogP contribution in [0.1, 0.15) is 30.8 Å². The molecule has 0 aromatic carbocycles. The van der Waals surface area contributed by atoms with Gasteiger partial charge in [0, 0.05) is 19.2 Å². The number of nitrogens with zero attached hydrogens (tertiary/aromatic N) is 2. The van der Waals surface area contributed by atoms with Crippen molar-refractivity contribution in [1.29, 1.82) is 0 Å². The topological polar surface area (TPSA) is 60.9 Å². The second-order valence-electron chi connectivity index (χ2n) is 3.78. The molecule has 0 saturated heterocycles. The summed E-state index contributed by atoms with van der Waals surface area (Å²) in [5.74, 6) is 0.558. The molecule has 1 rings (SSSR count). The van der Waals surface area contributed by atoms with Crippen molar-refractivity contribution in [3.63, 3.8) is 0 Å². The smallest absolute Gasteiger partial charge is 0.184 e. The summed E-state index contributed by atoms with van der Waals surface area (Å²) in [5.41, 5.74) is 5.82. The Kier molecular flexibility index (Phi) is 3.83. The van der Waals surface area contributed by atoms with Crippen LogP contribution in [0.3, 0.4) is 0 Å². The van der Waals surface area contributed by atoms with Crippen molar-refractivity contribution in [3.8, 4) is 0 Å². The molecule has 0 spiro atoms. The molecule has 0 aliphatic carbocycles. The zero-order valence-corrected chi connectivity index (χ0v) is 8.73. The zero-order valence-electron chi connectivity index (χ0n) is 8.73. The Morgan fingerprint density at radius 1 is 1.64 bits per heavy atom. The number of hydrogen-bond acceptors (Lipinski definition) is 3. The van der Waals surface area contributed by atoms with E-state index in [2.05, 4.69) is 18.9 Å². The molecule has 0 atom stereocenters. The number of rotatable bonds is 5. The van der Waals surface area contributed by atoms with Gasteiger partial charge in [-0.25, -0.2) is 0 Å². The van der Waals surface area contributed by atoms with E-state index in [0.29, 0.717) is 24.6 Å². The third-order valence-electron chi connectivity index (χ3n) is 1.85. The van der Waals surface area contributed by atoms with Crippen molar-refractivity contribution in [2.75, 3.05) is 6.54 Å². The molecule has 4 heteroatoms. The average molecular weight is 195 g/mol. The first-order valence-electron chi connectivity index (χ1n) is 4.90. The Bertz CT molecular complexity index is 304. The minimum absolute atomic E-state index is 0.0232. The second kappa shape index (κ2) is 4.91. The summed E-state index contributed by atoms with van der Waals surface area (Å²) in [5, 5.41) is 4.18. The van der Waals surface area contributed by atoms with E-state index >= 15 is 0 Å². The lowest BCUT2D eigenvalue weighted by molar-refractivity contribution is 0.0979. The summed E-state index contributed by atoms with van der Waals surface area (Å²) in [6.07, 6.45) is 2.21. The number of ketones is 1. The van der Waals surface area contributed by atoms with Crippen molar-refractivity contribution in [1.82, 2.24) is 9.78 Å². The Morgan fingerprint density at radius 3 is 2.93 bits per heavy atom. The van der Waals surface area contributed by atoms with Crippen LogP contribution in [-0.2, 0) is 6.54 Å². The quantitative estimate of drug-likeness (QED) is 0.715. The van der Waals surface area contributed by atoms with Crippen molar-refractivity contribution < 1.29 is 4.79 Å². The van der Waals surface area contributed by atoms with E-state index in [9.17, 15) is 4.79 Å². The lowest BCUT2D eigenvalue weighted by Gasteiger charge is -2.03. The van der Waals surface area contributed by atoms with Crippen LogP contribution in [0.4, 0.5) is 0 Å². The van der Waals surface area contributed by atoms with E-state index in [0.717, 1.165) is 6.54 Å². The van der Waals surface area contributed by atoms with E-state index in [4.69, 9.17) is 5.73 Å². The number of nitrogens with two attached hydrogens (primary N) is 1. The summed E-state index contributed by atoms with van der Waals surface area (Å²) in [6, 6.07) is 1.75. The second-order valence-corrected chi connectivity index (χ2v) is 3.78. The van der Waals surface area contributed by atoms with E-state index < -0.39 is 0 Å². The molecular weight excluding hydrogens is 178 g/mol. The van der Waals surface area contributed by atoms with Crippen LogP contribution in [-0.4, -0.2) is 22.1 Å². The van der Waals surface area contributed by atoms with E-state index in [1.807, 2.05) is 6.20 Å². The van der Waals surface area contributed by atoms with Crippen molar-refractivity contribution in [2.24, 2.45) is 11.7 Å². The van der Waals surface area contributed by atoms with Gasteiger partial charge in [0.2, 0.25) is 0 Å². The first-order chi connectivity index (χ1) is 6.63. The van der Waals surface area contributed by atoms with Gasteiger partial charge in [0.1, 0.15) is 5.69 Å². The van der Waals surface area contributed by atoms with Crippen LogP contribution in [0.25, 0.3) is 0 Å². The average Bonchev–Trinajstić information content (AvgIpc) is 2.52. The Hall–Kier alpha value is -1.16. The highest BCUT2D eigenvalue weighted by Gasteiger charge is 2.08. The highest BCUT2D eigenvalue weighted by Crippen LogP contribution is 2.02. The molecule has 4 nitrogen and oxygen atoms in total. The number of carbonyl (C=O) groups is 1. The fraction of sp³-hybridized carbons (Fsp3) is 0.600. The summed E-state index contributed by atoms with van der Waals surface area (Å²) >= 11 is 0. The minimum atomic E-state index is 0.0232. The molecule has 0 unspecified atom stereocenters. The fourth-order valence-electron chi connectivity index (χ4n) is 1.25. The van der Waals surface area contributed by atoms with E-state index in [1.165, 1.54) is 0 Å². The number of aromatic nitrogens is 2. The maximum atomic E-state index is 11.4. The lowest BCUT2D eigenvalue weighted by Crippen LogP contribution is -2.10. The summed E-state index contributed by atoms with van der Waals surface area (Å²) in [6.45, 7) is 5.46. The Labute approximate surface area is 84.1 Å². The molecule has 78 valence electrons. The van der Waals surface area contributed by atoms with Crippen LogP contribution in [0.15, 0.2) is 12.3 Å². The molecule has 1 heterocycles. The monoisotopic (exact) mass is 195 g/mol. The van der Waals surface area contributed by atoms with Crippen LogP contribution < -0.4 is 5.73 Å². The van der Waals surface area contributed by atoms with Gasteiger partial charge in [-0.05, 0) is 18.5 Å². The summed E-state index contributed by atoms with van der Waals surface area (Å²) < 4.78 is 1.80. The van der Waals surface area contributed by atoms with Crippen molar-refractivity contribution >= 4 is 5.78 Å². The van der Waals surface area contributed by atoms with Gasteiger partial charge in [0.15, 0.2) is 5.78 Å². The minimum Gasteiger partial charge on any atom is -0.330 e. The fourth-order valence-corrected chi connectivity index (χ4v) is 1.25. The molecule has 0 saturated carbocycles. The molecule has 0 amide bonds. The molecule has 0 fully saturated rings. The third-order valence-corrected chi connectivity index (χ3v) is 1.85. The number of Topliss-reactive ketones (excluding diaryl/α,β-unsaturated/α-hetero) is 1. The van der Waals surface area contributed by atoms with Crippen molar-refractivity contribution in [3.05, 3.63) is 18.0 Å². The molecule has 2 N–H and O–H groups in total. The SMILES string of the molecule is CC(C)Cn1ccc(C(=O)CCN)n1. The predicted molar refractivity (Wildman–Crippen MR) is 55.1 cm³/mol. The molecular formula is C10H17N3O. The molecule has 1 aromatic heterocycles. The molecule has 14 heavy (non-hydrogen) atoms. The predicted octanol–water partition coefficient (Wildman–Crippen LogP) is 1.07. The third kappa shape index (κ3) is 2.96. The van der Waals surface area contributed by atoms with Gasteiger partial charge in [-0.3, -0.25) is 9.48 Å². The maximum Gasteiger partial charge on any atom is 0.184 e. The van der Waals surface area contributed by atoms with Gasteiger partial charge in [0.05, 0.1) is 0 Å². The molecule has 1 aromatic rings. The van der Waals surface area contributed by atoms with E-state index in [-0.39, 0.29) is 5.78 Å². The normalized spacial score (nSPS) is 10.9. The first-order valence-corrected chi connectivity index (χ1v) is 4.90. The molecule has 0 aliphatic heterocycles. The van der Waals surface area contributed by atoms with Crippen LogP contribution in [0.2, 0.25) is 0 Å². The lowest BCUT2D eigenvalue weighted by atomic mass is 10.2. The van der Waals surface area contributed by atoms with Gasteiger partial charge in [-0.15, -0.1) is 0 Å². The molecule has 0 aliphatic rings. The highest BCUT2D eigenvalue weighted by atomic mass is 16.1. The van der Waals surface area contributed by atoms with Gasteiger partial charge < -0.3 is 5.73 Å². The van der Waals surface area contributed by atoms with Gasteiger partial charge in [0.25, 0.3) is 0 Å². The summed E-state index contributed by atoms with van der Waals surface area (Å²) in [4.78, 5) is 11.4. The summed E-state index contributed by atoms with van der Waals surface area (Å²) in [7, 11) is 0. The van der Waals surface area contributed by atoms with Gasteiger partial charge in [-0.1, -0.05) is 13.8 Å². The van der Waals surface area contributed by atoms with Crippen LogP contribution in [0, 0.1) is 5.92 Å². The Balaban J connectivity index is 2.63. The largest absolute Gasteiger partial charge is 0.330 e. The van der Waals surface area contributed by atoms with Crippen LogP contribution in [0.5, 0.6) is 0 Å². The van der Waals surface area contributed by atoms with Gasteiger partial charge >= 0.3 is 0 Å².